The number of esters is 1. The van der Waals surface area contributed by atoms with E-state index >= 15 is 0 Å². The molecule has 0 fully saturated rings. The number of benzene rings is 1. The van der Waals surface area contributed by atoms with Crippen LogP contribution in [0.25, 0.3) is 0 Å². The van der Waals surface area contributed by atoms with E-state index < -0.39 is 0 Å². The van der Waals surface area contributed by atoms with Crippen LogP contribution in [0.5, 0.6) is 0 Å². The molecule has 0 spiro atoms. The van der Waals surface area contributed by atoms with E-state index in [4.69, 9.17) is 11.6 Å². The predicted molar refractivity (Wildman–Crippen MR) is 72.3 cm³/mol. The van der Waals surface area contributed by atoms with Crippen LogP contribution < -0.4 is 0 Å². The Hall–Kier alpha value is -0.190. The van der Waals surface area contributed by atoms with Gasteiger partial charge in [0.05, 0.1) is 7.11 Å². The highest BCUT2D eigenvalue weighted by Crippen LogP contribution is 2.18. The maximum Gasteiger partial charge on any atom is 0.320 e. The van der Waals surface area contributed by atoms with Gasteiger partial charge in [-0.15, -0.1) is 0 Å². The molecule has 0 heterocycles. The number of ether oxygens (including phenoxy) is 1. The zero-order valence-electron chi connectivity index (χ0n) is 8.78. The van der Waals surface area contributed by atoms with E-state index in [0.29, 0.717) is 5.75 Å². The maximum absolute atomic E-state index is 11.1. The summed E-state index contributed by atoms with van der Waals surface area (Å²) in [5.41, 5.74) is 1.19. The van der Waals surface area contributed by atoms with Crippen molar-refractivity contribution < 1.29 is 9.53 Å². The Balaban J connectivity index is 2.30. The summed E-state index contributed by atoms with van der Waals surface area (Å²) in [7, 11) is 1.39. The number of thioether (sulfide) groups is 1. The van der Waals surface area contributed by atoms with Crippen molar-refractivity contribution in [2.45, 2.75) is 10.6 Å². The van der Waals surface area contributed by atoms with Gasteiger partial charge >= 0.3 is 5.97 Å². The molecule has 88 valence electrons. The smallest absolute Gasteiger partial charge is 0.320 e. The Morgan fingerprint density at radius 2 is 2.12 bits per heavy atom. The summed E-state index contributed by atoms with van der Waals surface area (Å²) in [4.78, 5) is 10.9. The molecule has 0 radical (unpaired) electrons. The first kappa shape index (κ1) is 13.9. The number of carbonyl (C=O) groups excluding carboxylic acids is 1. The molecule has 0 aliphatic carbocycles. The van der Waals surface area contributed by atoms with Gasteiger partial charge in [-0.3, -0.25) is 4.79 Å². The quantitative estimate of drug-likeness (QED) is 0.613. The maximum atomic E-state index is 11.1. The lowest BCUT2D eigenvalue weighted by Gasteiger charge is -2.07. The third kappa shape index (κ3) is 4.76. The van der Waals surface area contributed by atoms with E-state index in [-0.39, 0.29) is 10.8 Å². The van der Waals surface area contributed by atoms with Gasteiger partial charge < -0.3 is 4.74 Å². The average molecular weight is 324 g/mol. The fraction of sp³-hybridized carbons (Fsp3) is 0.364. The third-order valence-corrected chi connectivity index (χ3v) is 4.39. The molecule has 1 rings (SSSR count). The van der Waals surface area contributed by atoms with Crippen molar-refractivity contribution in [2.24, 2.45) is 0 Å². The van der Waals surface area contributed by atoms with Crippen LogP contribution in [-0.2, 0) is 15.3 Å². The van der Waals surface area contributed by atoms with E-state index in [1.165, 1.54) is 12.7 Å². The zero-order valence-corrected chi connectivity index (χ0v) is 11.9. The van der Waals surface area contributed by atoms with Crippen molar-refractivity contribution in [2.75, 3.05) is 12.9 Å². The minimum absolute atomic E-state index is 0.233. The molecular weight excluding hydrogens is 312 g/mol. The molecule has 0 saturated carbocycles. The monoisotopic (exact) mass is 322 g/mol. The molecule has 0 aromatic heterocycles. The van der Waals surface area contributed by atoms with E-state index in [1.54, 1.807) is 11.8 Å². The summed E-state index contributed by atoms with van der Waals surface area (Å²) in [6.07, 6.45) is 0. The highest BCUT2D eigenvalue weighted by Gasteiger charge is 2.14. The molecule has 0 bridgehead atoms. The number of hydrogen-bond donors (Lipinski definition) is 0. The molecule has 0 aliphatic rings. The molecule has 2 nitrogen and oxygen atoms in total. The van der Waals surface area contributed by atoms with Crippen LogP contribution in [0.2, 0.25) is 5.02 Å². The first-order chi connectivity index (χ1) is 7.63. The van der Waals surface area contributed by atoms with Crippen LogP contribution in [0.1, 0.15) is 5.56 Å². The standard InChI is InChI=1S/C11H12BrClO2S/c1-15-11(14)10(12)7-16-6-8-2-4-9(13)5-3-8/h2-5,10H,6-7H2,1H3. The average Bonchev–Trinajstić information content (AvgIpc) is 2.30. The molecule has 0 saturated heterocycles. The molecule has 5 heteroatoms. The second-order valence-electron chi connectivity index (χ2n) is 3.13. The van der Waals surface area contributed by atoms with Gasteiger partial charge in [0, 0.05) is 16.5 Å². The van der Waals surface area contributed by atoms with Gasteiger partial charge in [0.25, 0.3) is 0 Å². The number of carbonyl (C=O) groups is 1. The zero-order chi connectivity index (χ0) is 12.0. The van der Waals surface area contributed by atoms with Gasteiger partial charge in [-0.1, -0.05) is 39.7 Å². The number of alkyl halides is 1. The third-order valence-electron chi connectivity index (χ3n) is 1.90. The van der Waals surface area contributed by atoms with Crippen molar-refractivity contribution >= 4 is 45.3 Å². The van der Waals surface area contributed by atoms with Gasteiger partial charge in [0.1, 0.15) is 4.83 Å². The molecule has 1 unspecified atom stereocenters. The summed E-state index contributed by atoms with van der Waals surface area (Å²) >= 11 is 10.7. The Morgan fingerprint density at radius 3 is 2.69 bits per heavy atom. The largest absolute Gasteiger partial charge is 0.468 e. The van der Waals surface area contributed by atoms with Crippen molar-refractivity contribution in [3.05, 3.63) is 34.9 Å². The molecule has 0 N–H and O–H groups in total. The topological polar surface area (TPSA) is 26.3 Å². The molecule has 16 heavy (non-hydrogen) atoms. The second kappa shape index (κ2) is 7.20. The van der Waals surface area contributed by atoms with E-state index in [2.05, 4.69) is 20.7 Å². The first-order valence-corrected chi connectivity index (χ1v) is 7.12. The summed E-state index contributed by atoms with van der Waals surface area (Å²) in [6.45, 7) is 0. The van der Waals surface area contributed by atoms with Gasteiger partial charge in [-0.2, -0.15) is 11.8 Å². The van der Waals surface area contributed by atoms with E-state index in [9.17, 15) is 4.79 Å². The number of halogens is 2. The van der Waals surface area contributed by atoms with Crippen molar-refractivity contribution in [3.8, 4) is 0 Å². The summed E-state index contributed by atoms with van der Waals surface area (Å²) < 4.78 is 4.61. The Morgan fingerprint density at radius 1 is 1.50 bits per heavy atom. The van der Waals surface area contributed by atoms with Crippen LogP contribution in [0.4, 0.5) is 0 Å². The number of rotatable bonds is 5. The van der Waals surface area contributed by atoms with Crippen molar-refractivity contribution in [1.29, 1.82) is 0 Å². The Kier molecular flexibility index (Phi) is 6.24. The van der Waals surface area contributed by atoms with Crippen molar-refractivity contribution in [3.63, 3.8) is 0 Å². The molecule has 0 amide bonds. The second-order valence-corrected chi connectivity index (χ2v) is 5.70. The lowest BCUT2D eigenvalue weighted by molar-refractivity contribution is -0.139. The van der Waals surface area contributed by atoms with Gasteiger partial charge in [-0.05, 0) is 17.7 Å². The van der Waals surface area contributed by atoms with Crippen LogP contribution in [0, 0.1) is 0 Å². The lowest BCUT2D eigenvalue weighted by Crippen LogP contribution is -2.17. The van der Waals surface area contributed by atoms with E-state index in [1.807, 2.05) is 24.3 Å². The highest BCUT2D eigenvalue weighted by atomic mass is 79.9. The highest BCUT2D eigenvalue weighted by molar-refractivity contribution is 9.10. The molecule has 1 aromatic rings. The fourth-order valence-electron chi connectivity index (χ4n) is 1.06. The fourth-order valence-corrected chi connectivity index (χ4v) is 2.82. The van der Waals surface area contributed by atoms with Crippen LogP contribution in [0.15, 0.2) is 24.3 Å². The Labute approximate surface area is 113 Å². The normalized spacial score (nSPS) is 12.2. The minimum atomic E-state index is -0.241. The summed E-state index contributed by atoms with van der Waals surface area (Å²) in [5, 5.41) is 0.738. The van der Waals surface area contributed by atoms with Gasteiger partial charge in [0.15, 0.2) is 0 Å². The summed E-state index contributed by atoms with van der Waals surface area (Å²) in [5.74, 6) is 1.31. The molecular formula is C11H12BrClO2S. The SMILES string of the molecule is COC(=O)C(Br)CSCc1ccc(Cl)cc1. The molecule has 1 aromatic carbocycles. The minimum Gasteiger partial charge on any atom is -0.468 e. The van der Waals surface area contributed by atoms with E-state index in [0.717, 1.165) is 10.8 Å². The van der Waals surface area contributed by atoms with Crippen LogP contribution >= 0.6 is 39.3 Å². The van der Waals surface area contributed by atoms with Gasteiger partial charge in [-0.25, -0.2) is 0 Å². The number of hydrogen-bond acceptors (Lipinski definition) is 3. The van der Waals surface area contributed by atoms with Crippen LogP contribution in [-0.4, -0.2) is 23.7 Å². The van der Waals surface area contributed by atoms with Gasteiger partial charge in [0.2, 0.25) is 0 Å². The first-order valence-electron chi connectivity index (χ1n) is 4.67. The summed E-state index contributed by atoms with van der Waals surface area (Å²) in [6, 6.07) is 7.69. The van der Waals surface area contributed by atoms with Crippen molar-refractivity contribution in [1.82, 2.24) is 0 Å². The predicted octanol–water partition coefficient (Wildman–Crippen LogP) is 3.51. The molecule has 0 aliphatic heterocycles. The number of methoxy groups -OCH3 is 1. The Bertz CT molecular complexity index is 342. The molecule has 1 atom stereocenters. The van der Waals surface area contributed by atoms with Crippen LogP contribution in [0.3, 0.4) is 0 Å². The lowest BCUT2D eigenvalue weighted by atomic mass is 10.2.